The maximum Gasteiger partial charge on any atom is 0.114 e. The SMILES string of the molecule is CC[C@@H](N)c1ccc(Sc2ccoc2C)cc1. The van der Waals surface area contributed by atoms with Crippen molar-refractivity contribution < 1.29 is 4.42 Å². The molecule has 90 valence electrons. The molecule has 17 heavy (non-hydrogen) atoms. The Bertz CT molecular complexity index is 475. The molecule has 0 radical (unpaired) electrons. The summed E-state index contributed by atoms with van der Waals surface area (Å²) >= 11 is 1.71. The van der Waals surface area contributed by atoms with Gasteiger partial charge in [-0.1, -0.05) is 30.8 Å². The van der Waals surface area contributed by atoms with Crippen LogP contribution in [0.4, 0.5) is 0 Å². The lowest BCUT2D eigenvalue weighted by molar-refractivity contribution is 0.527. The summed E-state index contributed by atoms with van der Waals surface area (Å²) in [6.45, 7) is 4.08. The molecule has 2 rings (SSSR count). The van der Waals surface area contributed by atoms with Crippen molar-refractivity contribution in [3.05, 3.63) is 47.9 Å². The fourth-order valence-corrected chi connectivity index (χ4v) is 2.47. The molecule has 0 unspecified atom stereocenters. The molecule has 0 amide bonds. The molecule has 0 aliphatic heterocycles. The highest BCUT2D eigenvalue weighted by molar-refractivity contribution is 7.99. The third kappa shape index (κ3) is 2.93. The zero-order valence-electron chi connectivity index (χ0n) is 10.1. The highest BCUT2D eigenvalue weighted by atomic mass is 32.2. The lowest BCUT2D eigenvalue weighted by atomic mass is 10.1. The van der Waals surface area contributed by atoms with Gasteiger partial charge in [0, 0.05) is 10.9 Å². The van der Waals surface area contributed by atoms with Crippen molar-refractivity contribution in [2.45, 2.75) is 36.1 Å². The molecule has 1 heterocycles. The molecule has 1 atom stereocenters. The van der Waals surface area contributed by atoms with Crippen LogP contribution in [0.3, 0.4) is 0 Å². The van der Waals surface area contributed by atoms with E-state index in [0.29, 0.717) is 0 Å². The number of hydrogen-bond donors (Lipinski definition) is 1. The second-order valence-corrected chi connectivity index (χ2v) is 5.14. The Morgan fingerprint density at radius 3 is 2.47 bits per heavy atom. The Balaban J connectivity index is 2.11. The standard InChI is InChI=1S/C14H17NOS/c1-3-13(15)11-4-6-12(7-5-11)17-14-8-9-16-10(14)2/h4-9,13H,3,15H2,1-2H3/t13-/m1/s1. The minimum absolute atomic E-state index is 0.143. The molecule has 2 aromatic rings. The fourth-order valence-electron chi connectivity index (χ4n) is 1.62. The summed E-state index contributed by atoms with van der Waals surface area (Å²) in [4.78, 5) is 2.37. The Morgan fingerprint density at radius 1 is 1.24 bits per heavy atom. The van der Waals surface area contributed by atoms with Crippen LogP contribution in [0.5, 0.6) is 0 Å². The average molecular weight is 247 g/mol. The summed E-state index contributed by atoms with van der Waals surface area (Å²) < 4.78 is 5.28. The van der Waals surface area contributed by atoms with Crippen molar-refractivity contribution in [2.75, 3.05) is 0 Å². The molecule has 2 nitrogen and oxygen atoms in total. The number of benzene rings is 1. The number of aryl methyl sites for hydroxylation is 1. The predicted octanol–water partition coefficient (Wildman–Crippen LogP) is 4.15. The van der Waals surface area contributed by atoms with Crippen molar-refractivity contribution in [1.82, 2.24) is 0 Å². The average Bonchev–Trinajstić information content (AvgIpc) is 2.75. The second kappa shape index (κ2) is 5.43. The quantitative estimate of drug-likeness (QED) is 0.882. The number of hydrogen-bond acceptors (Lipinski definition) is 3. The van der Waals surface area contributed by atoms with Crippen LogP contribution in [-0.4, -0.2) is 0 Å². The summed E-state index contributed by atoms with van der Waals surface area (Å²) in [5, 5.41) is 0. The maximum atomic E-state index is 5.98. The van der Waals surface area contributed by atoms with Gasteiger partial charge >= 0.3 is 0 Å². The van der Waals surface area contributed by atoms with Gasteiger partial charge in [0.2, 0.25) is 0 Å². The highest BCUT2D eigenvalue weighted by Gasteiger charge is 2.05. The monoisotopic (exact) mass is 247 g/mol. The fraction of sp³-hybridized carbons (Fsp3) is 0.286. The molecule has 1 aromatic carbocycles. The van der Waals surface area contributed by atoms with Gasteiger partial charge < -0.3 is 10.2 Å². The first-order valence-corrected chi connectivity index (χ1v) is 6.60. The van der Waals surface area contributed by atoms with E-state index < -0.39 is 0 Å². The van der Waals surface area contributed by atoms with E-state index in [4.69, 9.17) is 10.2 Å². The van der Waals surface area contributed by atoms with Crippen molar-refractivity contribution in [3.63, 3.8) is 0 Å². The van der Waals surface area contributed by atoms with Crippen LogP contribution in [0, 0.1) is 6.92 Å². The molecule has 0 fully saturated rings. The summed E-state index contributed by atoms with van der Waals surface area (Å²) in [5.74, 6) is 0.962. The topological polar surface area (TPSA) is 39.2 Å². The van der Waals surface area contributed by atoms with Crippen LogP contribution in [0.25, 0.3) is 0 Å². The molecule has 0 saturated heterocycles. The first-order valence-electron chi connectivity index (χ1n) is 5.78. The van der Waals surface area contributed by atoms with E-state index in [1.807, 2.05) is 13.0 Å². The first-order chi connectivity index (χ1) is 8.20. The molecule has 1 aromatic heterocycles. The molecule has 0 aliphatic rings. The molecule has 0 saturated carbocycles. The Labute approximate surface area is 106 Å². The van der Waals surface area contributed by atoms with Gasteiger partial charge in [-0.25, -0.2) is 0 Å². The van der Waals surface area contributed by atoms with Gasteiger partial charge in [0.25, 0.3) is 0 Å². The number of rotatable bonds is 4. The molecule has 0 aliphatic carbocycles. The Hall–Kier alpha value is -1.19. The van der Waals surface area contributed by atoms with Crippen LogP contribution in [-0.2, 0) is 0 Å². The van der Waals surface area contributed by atoms with Crippen LogP contribution in [0.2, 0.25) is 0 Å². The van der Waals surface area contributed by atoms with Gasteiger partial charge in [-0.05, 0) is 37.1 Å². The van der Waals surface area contributed by atoms with Crippen LogP contribution < -0.4 is 5.73 Å². The second-order valence-electron chi connectivity index (χ2n) is 4.03. The van der Waals surface area contributed by atoms with Crippen molar-refractivity contribution in [2.24, 2.45) is 5.73 Å². The van der Waals surface area contributed by atoms with E-state index in [0.717, 1.165) is 17.1 Å². The minimum atomic E-state index is 0.143. The molecule has 0 bridgehead atoms. The van der Waals surface area contributed by atoms with Gasteiger partial charge in [-0.15, -0.1) is 0 Å². The van der Waals surface area contributed by atoms with Crippen LogP contribution >= 0.6 is 11.8 Å². The highest BCUT2D eigenvalue weighted by Crippen LogP contribution is 2.31. The zero-order valence-corrected chi connectivity index (χ0v) is 11.0. The number of furan rings is 1. The third-order valence-electron chi connectivity index (χ3n) is 2.79. The van der Waals surface area contributed by atoms with Crippen LogP contribution in [0.15, 0.2) is 50.8 Å². The maximum absolute atomic E-state index is 5.98. The lowest BCUT2D eigenvalue weighted by Gasteiger charge is -2.09. The Morgan fingerprint density at radius 2 is 1.94 bits per heavy atom. The van der Waals surface area contributed by atoms with Crippen LogP contribution in [0.1, 0.15) is 30.7 Å². The van der Waals surface area contributed by atoms with E-state index in [-0.39, 0.29) is 6.04 Å². The van der Waals surface area contributed by atoms with E-state index in [1.54, 1.807) is 18.0 Å². The van der Waals surface area contributed by atoms with Gasteiger partial charge in [-0.3, -0.25) is 0 Å². The lowest BCUT2D eigenvalue weighted by Crippen LogP contribution is -2.07. The minimum Gasteiger partial charge on any atom is -0.468 e. The summed E-state index contributed by atoms with van der Waals surface area (Å²) in [5.41, 5.74) is 7.18. The summed E-state index contributed by atoms with van der Waals surface area (Å²) in [7, 11) is 0. The smallest absolute Gasteiger partial charge is 0.114 e. The molecule has 0 spiro atoms. The van der Waals surface area contributed by atoms with E-state index in [1.165, 1.54) is 10.5 Å². The van der Waals surface area contributed by atoms with Crippen molar-refractivity contribution >= 4 is 11.8 Å². The zero-order chi connectivity index (χ0) is 12.3. The van der Waals surface area contributed by atoms with Gasteiger partial charge in [0.1, 0.15) is 5.76 Å². The molecular weight excluding hydrogens is 230 g/mol. The molecule has 2 N–H and O–H groups in total. The first kappa shape index (κ1) is 12.3. The normalized spacial score (nSPS) is 12.6. The van der Waals surface area contributed by atoms with E-state index in [2.05, 4.69) is 31.2 Å². The number of nitrogens with two attached hydrogens (primary N) is 1. The van der Waals surface area contributed by atoms with Gasteiger partial charge in [0.05, 0.1) is 11.2 Å². The summed E-state index contributed by atoms with van der Waals surface area (Å²) in [6, 6.07) is 10.6. The van der Waals surface area contributed by atoms with Gasteiger partial charge in [-0.2, -0.15) is 0 Å². The van der Waals surface area contributed by atoms with Crippen molar-refractivity contribution in [1.29, 1.82) is 0 Å². The molecular formula is C14H17NOS. The van der Waals surface area contributed by atoms with Crippen molar-refractivity contribution in [3.8, 4) is 0 Å². The third-order valence-corrected chi connectivity index (χ3v) is 3.94. The molecule has 3 heteroatoms. The van der Waals surface area contributed by atoms with Gasteiger partial charge in [0.15, 0.2) is 0 Å². The van der Waals surface area contributed by atoms with E-state index in [9.17, 15) is 0 Å². The predicted molar refractivity (Wildman–Crippen MR) is 71.2 cm³/mol. The van der Waals surface area contributed by atoms with E-state index >= 15 is 0 Å². The Kier molecular flexibility index (Phi) is 3.92. The largest absolute Gasteiger partial charge is 0.468 e. The summed E-state index contributed by atoms with van der Waals surface area (Å²) in [6.07, 6.45) is 2.69.